The maximum absolute atomic E-state index is 13.6. The van der Waals surface area contributed by atoms with Gasteiger partial charge in [-0.15, -0.1) is 0 Å². The van der Waals surface area contributed by atoms with Crippen molar-refractivity contribution in [2.24, 2.45) is 10.9 Å². The second-order valence-corrected chi connectivity index (χ2v) is 13.4. The Balaban J connectivity index is 1.36. The minimum atomic E-state index is -0.468. The number of carbonyl (C=O) groups excluding carboxylic acids is 2. The van der Waals surface area contributed by atoms with Gasteiger partial charge >= 0.3 is 11.9 Å². The second kappa shape index (κ2) is 16.7. The molecule has 0 saturated heterocycles. The molecule has 53 heavy (non-hydrogen) atoms. The number of anilines is 2. The molecular weight excluding hydrogens is 665 g/mol. The van der Waals surface area contributed by atoms with Crippen LogP contribution in [0.15, 0.2) is 106 Å². The summed E-state index contributed by atoms with van der Waals surface area (Å²) in [6, 6.07) is 31.8. The van der Waals surface area contributed by atoms with Crippen molar-refractivity contribution in [2.45, 2.75) is 48.0 Å². The number of esters is 2. The average molecular weight is 711 g/mol. The van der Waals surface area contributed by atoms with Crippen LogP contribution in [-0.4, -0.2) is 38.4 Å². The summed E-state index contributed by atoms with van der Waals surface area (Å²) in [6.07, 6.45) is 0.719. The van der Waals surface area contributed by atoms with Crippen LogP contribution in [0.25, 0.3) is 33.4 Å². The number of benzene rings is 5. The van der Waals surface area contributed by atoms with E-state index in [0.717, 1.165) is 73.2 Å². The molecule has 272 valence electrons. The molecule has 1 heterocycles. The summed E-state index contributed by atoms with van der Waals surface area (Å²) < 4.78 is 23.2. The van der Waals surface area contributed by atoms with E-state index in [0.29, 0.717) is 16.9 Å². The predicted octanol–water partition coefficient (Wildman–Crippen LogP) is 10.2. The third kappa shape index (κ3) is 8.50. The number of hydrogen-bond donors (Lipinski definition) is 1. The highest BCUT2D eigenvalue weighted by Gasteiger charge is 2.23. The van der Waals surface area contributed by atoms with Gasteiger partial charge in [-0.1, -0.05) is 68.4 Å². The smallest absolute Gasteiger partial charge is 0.338 e. The zero-order valence-corrected chi connectivity index (χ0v) is 31.2. The Hall–Kier alpha value is -5.73. The van der Waals surface area contributed by atoms with Crippen LogP contribution >= 0.6 is 0 Å². The van der Waals surface area contributed by atoms with E-state index in [1.54, 1.807) is 6.07 Å². The molecule has 1 unspecified atom stereocenters. The SMILES string of the molecule is CCC(C)C(=O)OCCOCCOC(=O)c1ccccc1-c1c2cc/c(=N\c3c(C)cccc3C)cc-2oc2cc(Nc3c(C)cccc3C)ccc12. The van der Waals surface area contributed by atoms with E-state index in [1.807, 2.05) is 74.5 Å². The number of hydrogen-bond acceptors (Lipinski definition) is 8. The Morgan fingerprint density at radius 3 is 2.13 bits per heavy atom. The highest BCUT2D eigenvalue weighted by atomic mass is 16.6. The van der Waals surface area contributed by atoms with Crippen molar-refractivity contribution >= 4 is 40.0 Å². The molecule has 0 radical (unpaired) electrons. The lowest BCUT2D eigenvalue weighted by atomic mass is 9.90. The lowest BCUT2D eigenvalue weighted by Gasteiger charge is -2.19. The molecule has 1 aliphatic carbocycles. The van der Waals surface area contributed by atoms with E-state index in [1.165, 1.54) is 0 Å². The maximum atomic E-state index is 13.6. The van der Waals surface area contributed by atoms with Crippen LogP contribution in [0, 0.1) is 33.6 Å². The first kappa shape index (κ1) is 37.0. The Morgan fingerprint density at radius 2 is 1.42 bits per heavy atom. The normalized spacial score (nSPS) is 12.2. The fourth-order valence-corrected chi connectivity index (χ4v) is 6.35. The molecule has 6 rings (SSSR count). The van der Waals surface area contributed by atoms with Crippen molar-refractivity contribution in [3.63, 3.8) is 0 Å². The van der Waals surface area contributed by atoms with E-state index in [4.69, 9.17) is 23.6 Å². The molecule has 0 bridgehead atoms. The molecule has 0 aromatic heterocycles. The molecule has 1 aliphatic heterocycles. The van der Waals surface area contributed by atoms with Gasteiger partial charge in [-0.3, -0.25) is 4.79 Å². The fraction of sp³-hybridized carbons (Fsp3) is 0.267. The standard InChI is InChI=1S/C45H46N2O6/c1-7-28(2)44(48)51-24-22-50-23-25-52-45(49)36-17-9-8-16-35(36)41-37-20-18-33(46-42-29(3)12-10-13-30(42)4)26-39(37)53-40-27-34(19-21-38(40)41)47-43-31(5)14-11-15-32(43)6/h8-21,26-28,46H,7,22-25H2,1-6H3/b47-34+. The van der Waals surface area contributed by atoms with E-state index in [9.17, 15) is 9.59 Å². The molecule has 0 spiro atoms. The second-order valence-electron chi connectivity index (χ2n) is 13.4. The largest absolute Gasteiger partial charge is 0.463 e. The predicted molar refractivity (Wildman–Crippen MR) is 210 cm³/mol. The van der Waals surface area contributed by atoms with Crippen molar-refractivity contribution in [2.75, 3.05) is 31.7 Å². The number of carbonyl (C=O) groups is 2. The van der Waals surface area contributed by atoms with Gasteiger partial charge in [0.25, 0.3) is 0 Å². The van der Waals surface area contributed by atoms with Crippen LogP contribution in [0.5, 0.6) is 0 Å². The van der Waals surface area contributed by atoms with Crippen molar-refractivity contribution < 1.29 is 28.2 Å². The lowest BCUT2D eigenvalue weighted by molar-refractivity contribution is -0.149. The first-order valence-electron chi connectivity index (χ1n) is 18.1. The van der Waals surface area contributed by atoms with Gasteiger partial charge in [-0.05, 0) is 92.3 Å². The summed E-state index contributed by atoms with van der Waals surface area (Å²) in [5.41, 5.74) is 10.8. The molecule has 2 aliphatic rings. The summed E-state index contributed by atoms with van der Waals surface area (Å²) in [7, 11) is 0. The molecule has 0 saturated carbocycles. The molecule has 4 aromatic rings. The molecule has 0 amide bonds. The Kier molecular flexibility index (Phi) is 11.7. The van der Waals surface area contributed by atoms with E-state index in [-0.39, 0.29) is 38.3 Å². The van der Waals surface area contributed by atoms with Gasteiger partial charge in [0.05, 0.1) is 35.7 Å². The number of ether oxygens (including phenoxy) is 3. The van der Waals surface area contributed by atoms with Crippen LogP contribution in [0.2, 0.25) is 0 Å². The highest BCUT2D eigenvalue weighted by molar-refractivity contribution is 6.08. The number of fused-ring (bicyclic) bond motifs is 2. The van der Waals surface area contributed by atoms with Crippen LogP contribution in [0.3, 0.4) is 0 Å². The zero-order chi connectivity index (χ0) is 37.5. The van der Waals surface area contributed by atoms with Gasteiger partial charge in [0.2, 0.25) is 0 Å². The molecule has 1 atom stereocenters. The third-order valence-corrected chi connectivity index (χ3v) is 9.50. The summed E-state index contributed by atoms with van der Waals surface area (Å²) in [6.45, 7) is 12.7. The molecule has 4 aromatic carbocycles. The van der Waals surface area contributed by atoms with Crippen molar-refractivity contribution in [3.8, 4) is 22.5 Å². The number of nitrogens with zero attached hydrogens (tertiary/aromatic N) is 1. The summed E-state index contributed by atoms with van der Waals surface area (Å²) >= 11 is 0. The van der Waals surface area contributed by atoms with Crippen molar-refractivity contribution in [3.05, 3.63) is 130 Å². The van der Waals surface area contributed by atoms with Crippen molar-refractivity contribution in [1.82, 2.24) is 0 Å². The maximum Gasteiger partial charge on any atom is 0.338 e. The topological polar surface area (TPSA) is 99.4 Å². The number of rotatable bonds is 13. The van der Waals surface area contributed by atoms with Crippen LogP contribution in [0.4, 0.5) is 17.1 Å². The number of para-hydroxylation sites is 2. The first-order chi connectivity index (χ1) is 25.6. The van der Waals surface area contributed by atoms with Gasteiger partial charge in [-0.25, -0.2) is 9.79 Å². The van der Waals surface area contributed by atoms with Gasteiger partial charge in [-0.2, -0.15) is 0 Å². The van der Waals surface area contributed by atoms with Gasteiger partial charge in [0.15, 0.2) is 0 Å². The lowest BCUT2D eigenvalue weighted by Crippen LogP contribution is -2.18. The molecule has 1 N–H and O–H groups in total. The zero-order valence-electron chi connectivity index (χ0n) is 31.2. The molecule has 8 heteroatoms. The third-order valence-electron chi connectivity index (χ3n) is 9.50. The minimum absolute atomic E-state index is 0.0502. The van der Waals surface area contributed by atoms with Crippen LogP contribution < -0.4 is 10.7 Å². The van der Waals surface area contributed by atoms with Gasteiger partial charge in [0, 0.05) is 40.0 Å². The van der Waals surface area contributed by atoms with Crippen LogP contribution in [-0.2, 0) is 19.0 Å². The van der Waals surface area contributed by atoms with E-state index in [2.05, 4.69) is 63.3 Å². The number of aryl methyl sites for hydroxylation is 4. The van der Waals surface area contributed by atoms with Crippen molar-refractivity contribution in [1.29, 1.82) is 0 Å². The van der Waals surface area contributed by atoms with Gasteiger partial charge in [0.1, 0.15) is 24.6 Å². The molecular formula is C45H46N2O6. The highest BCUT2D eigenvalue weighted by Crippen LogP contribution is 2.42. The molecule has 8 nitrogen and oxygen atoms in total. The first-order valence-corrected chi connectivity index (χ1v) is 18.1. The summed E-state index contributed by atoms with van der Waals surface area (Å²) in [5.74, 6) is -0.224. The Bertz CT molecular complexity index is 2270. The Morgan fingerprint density at radius 1 is 0.736 bits per heavy atom. The summed E-state index contributed by atoms with van der Waals surface area (Å²) in [4.78, 5) is 30.5. The fourth-order valence-electron chi connectivity index (χ4n) is 6.35. The number of nitrogens with one attached hydrogen (secondary N) is 1. The average Bonchev–Trinajstić information content (AvgIpc) is 3.15. The minimum Gasteiger partial charge on any atom is -0.463 e. The van der Waals surface area contributed by atoms with E-state index >= 15 is 0 Å². The Labute approximate surface area is 310 Å². The monoisotopic (exact) mass is 710 g/mol. The molecule has 0 fully saturated rings. The van der Waals surface area contributed by atoms with Crippen LogP contribution in [0.1, 0.15) is 52.9 Å². The quantitative estimate of drug-likeness (QED) is 0.0724. The van der Waals surface area contributed by atoms with Gasteiger partial charge < -0.3 is 23.9 Å². The summed E-state index contributed by atoms with van der Waals surface area (Å²) in [5, 5.41) is 5.20. The van der Waals surface area contributed by atoms with E-state index < -0.39 is 5.97 Å².